The van der Waals surface area contributed by atoms with Gasteiger partial charge in [0.1, 0.15) is 12.2 Å². The van der Waals surface area contributed by atoms with Crippen LogP contribution in [0.5, 0.6) is 0 Å². The van der Waals surface area contributed by atoms with Crippen LogP contribution in [0.4, 0.5) is 5.69 Å². The lowest BCUT2D eigenvalue weighted by atomic mass is 10.0. The number of benzene rings is 1. The van der Waals surface area contributed by atoms with Crippen molar-refractivity contribution in [3.05, 3.63) is 29.8 Å². The van der Waals surface area contributed by atoms with Crippen LogP contribution in [-0.4, -0.2) is 19.2 Å². The van der Waals surface area contributed by atoms with E-state index in [-0.39, 0.29) is 5.91 Å². The fraction of sp³-hybridized carbons (Fsp3) is 0.200. The van der Waals surface area contributed by atoms with E-state index in [4.69, 9.17) is 0 Å². The SMILES string of the molecule is CN1C(=O)C(C=O)c2ccccc21. The maximum Gasteiger partial charge on any atom is 0.241 e. The number of fused-ring (bicyclic) bond motifs is 1. The van der Waals surface area contributed by atoms with Crippen molar-refractivity contribution in [2.24, 2.45) is 0 Å². The zero-order valence-corrected chi connectivity index (χ0v) is 7.23. The molecule has 1 amide bonds. The molecule has 0 spiro atoms. The van der Waals surface area contributed by atoms with E-state index in [0.29, 0.717) is 6.29 Å². The second kappa shape index (κ2) is 2.69. The van der Waals surface area contributed by atoms with Crippen molar-refractivity contribution in [2.45, 2.75) is 5.92 Å². The first-order valence-electron chi connectivity index (χ1n) is 4.07. The number of para-hydroxylation sites is 1. The Balaban J connectivity index is 2.59. The molecule has 1 aromatic rings. The van der Waals surface area contributed by atoms with E-state index in [1.807, 2.05) is 24.3 Å². The number of carbonyl (C=O) groups is 2. The highest BCUT2D eigenvalue weighted by Crippen LogP contribution is 2.34. The molecule has 0 fully saturated rings. The third kappa shape index (κ3) is 0.967. The first kappa shape index (κ1) is 7.98. The van der Waals surface area contributed by atoms with E-state index in [9.17, 15) is 9.59 Å². The third-order valence-electron chi connectivity index (χ3n) is 2.37. The summed E-state index contributed by atoms with van der Waals surface area (Å²) in [5, 5.41) is 0. The average molecular weight is 175 g/mol. The molecule has 0 N–H and O–H groups in total. The van der Waals surface area contributed by atoms with Crippen LogP contribution in [0.25, 0.3) is 0 Å². The van der Waals surface area contributed by atoms with Crippen LogP contribution in [0, 0.1) is 0 Å². The number of hydrogen-bond acceptors (Lipinski definition) is 2. The first-order chi connectivity index (χ1) is 6.25. The van der Waals surface area contributed by atoms with E-state index in [0.717, 1.165) is 11.3 Å². The summed E-state index contributed by atoms with van der Waals surface area (Å²) in [6.45, 7) is 0. The summed E-state index contributed by atoms with van der Waals surface area (Å²) < 4.78 is 0. The highest BCUT2D eigenvalue weighted by Gasteiger charge is 2.34. The van der Waals surface area contributed by atoms with Crippen LogP contribution in [-0.2, 0) is 9.59 Å². The smallest absolute Gasteiger partial charge is 0.241 e. The number of aldehydes is 1. The Morgan fingerprint density at radius 1 is 1.38 bits per heavy atom. The minimum absolute atomic E-state index is 0.142. The number of nitrogens with zero attached hydrogens (tertiary/aromatic N) is 1. The summed E-state index contributed by atoms with van der Waals surface area (Å²) in [5.41, 5.74) is 1.65. The van der Waals surface area contributed by atoms with Crippen molar-refractivity contribution in [3.63, 3.8) is 0 Å². The quantitative estimate of drug-likeness (QED) is 0.470. The molecule has 1 aliphatic rings. The Morgan fingerprint density at radius 3 is 2.77 bits per heavy atom. The molecular weight excluding hydrogens is 166 g/mol. The third-order valence-corrected chi connectivity index (χ3v) is 2.37. The molecule has 3 nitrogen and oxygen atoms in total. The molecule has 0 saturated carbocycles. The molecule has 2 rings (SSSR count). The van der Waals surface area contributed by atoms with Crippen LogP contribution in [0.2, 0.25) is 0 Å². The number of anilines is 1. The molecule has 0 radical (unpaired) electrons. The standard InChI is InChI=1S/C10H9NO2/c1-11-9-5-3-2-4-7(9)8(6-12)10(11)13/h2-6,8H,1H3. The van der Waals surface area contributed by atoms with Gasteiger partial charge in [0, 0.05) is 12.7 Å². The second-order valence-corrected chi connectivity index (χ2v) is 3.07. The van der Waals surface area contributed by atoms with Gasteiger partial charge in [-0.15, -0.1) is 0 Å². The largest absolute Gasteiger partial charge is 0.314 e. The summed E-state index contributed by atoms with van der Waals surface area (Å²) in [6.07, 6.45) is 0.699. The predicted octanol–water partition coefficient (Wildman–Crippen LogP) is 0.945. The Kier molecular flexibility index (Phi) is 1.65. The minimum atomic E-state index is -0.596. The van der Waals surface area contributed by atoms with Gasteiger partial charge in [0.25, 0.3) is 0 Å². The van der Waals surface area contributed by atoms with E-state index in [1.54, 1.807) is 7.05 Å². The molecule has 1 heterocycles. The topological polar surface area (TPSA) is 37.4 Å². The number of likely N-dealkylation sites (N-methyl/N-ethyl adjacent to an activating group) is 1. The zero-order valence-electron chi connectivity index (χ0n) is 7.23. The van der Waals surface area contributed by atoms with Gasteiger partial charge in [-0.05, 0) is 11.6 Å². The molecule has 1 atom stereocenters. The van der Waals surface area contributed by atoms with Gasteiger partial charge >= 0.3 is 0 Å². The molecule has 13 heavy (non-hydrogen) atoms. The van der Waals surface area contributed by atoms with Crippen molar-refractivity contribution in [1.29, 1.82) is 0 Å². The molecule has 66 valence electrons. The summed E-state index contributed by atoms with van der Waals surface area (Å²) in [5.74, 6) is -0.739. The number of amides is 1. The maximum atomic E-state index is 11.5. The first-order valence-corrected chi connectivity index (χ1v) is 4.07. The summed E-state index contributed by atoms with van der Waals surface area (Å²) in [4.78, 5) is 23.7. The van der Waals surface area contributed by atoms with Crippen molar-refractivity contribution in [3.8, 4) is 0 Å². The fourth-order valence-electron chi connectivity index (χ4n) is 1.65. The maximum absolute atomic E-state index is 11.5. The van der Waals surface area contributed by atoms with Gasteiger partial charge in [0.15, 0.2) is 0 Å². The van der Waals surface area contributed by atoms with Crippen LogP contribution in [0.3, 0.4) is 0 Å². The Hall–Kier alpha value is -1.64. The van der Waals surface area contributed by atoms with Gasteiger partial charge < -0.3 is 9.69 Å². The molecular formula is C10H9NO2. The predicted molar refractivity (Wildman–Crippen MR) is 48.7 cm³/mol. The van der Waals surface area contributed by atoms with Crippen LogP contribution in [0.1, 0.15) is 11.5 Å². The molecule has 1 aromatic carbocycles. The molecule has 0 aromatic heterocycles. The lowest BCUT2D eigenvalue weighted by Gasteiger charge is -2.08. The molecule has 0 aliphatic carbocycles. The Labute approximate surface area is 76.0 Å². The van der Waals surface area contributed by atoms with Gasteiger partial charge in [-0.3, -0.25) is 4.79 Å². The molecule has 1 unspecified atom stereocenters. The minimum Gasteiger partial charge on any atom is -0.314 e. The molecule has 0 saturated heterocycles. The molecule has 0 bridgehead atoms. The molecule has 3 heteroatoms. The lowest BCUT2D eigenvalue weighted by molar-refractivity contribution is -0.122. The fourth-order valence-corrected chi connectivity index (χ4v) is 1.65. The van der Waals surface area contributed by atoms with Crippen molar-refractivity contribution in [2.75, 3.05) is 11.9 Å². The second-order valence-electron chi connectivity index (χ2n) is 3.07. The van der Waals surface area contributed by atoms with Crippen LogP contribution >= 0.6 is 0 Å². The normalized spacial score (nSPS) is 20.2. The summed E-state index contributed by atoms with van der Waals surface area (Å²) in [7, 11) is 1.69. The van der Waals surface area contributed by atoms with Crippen molar-refractivity contribution in [1.82, 2.24) is 0 Å². The van der Waals surface area contributed by atoms with Crippen LogP contribution in [0.15, 0.2) is 24.3 Å². The van der Waals surface area contributed by atoms with E-state index < -0.39 is 5.92 Å². The van der Waals surface area contributed by atoms with E-state index in [1.165, 1.54) is 4.90 Å². The summed E-state index contributed by atoms with van der Waals surface area (Å²) in [6, 6.07) is 7.35. The average Bonchev–Trinajstić information content (AvgIpc) is 2.41. The van der Waals surface area contributed by atoms with Gasteiger partial charge in [-0.1, -0.05) is 18.2 Å². The number of carbonyl (C=O) groups excluding carboxylic acids is 2. The van der Waals surface area contributed by atoms with Gasteiger partial charge in [0.2, 0.25) is 5.91 Å². The molecule has 1 aliphatic heterocycles. The van der Waals surface area contributed by atoms with Gasteiger partial charge in [-0.2, -0.15) is 0 Å². The Bertz CT molecular complexity index is 373. The van der Waals surface area contributed by atoms with E-state index >= 15 is 0 Å². The van der Waals surface area contributed by atoms with E-state index in [2.05, 4.69) is 0 Å². The Morgan fingerprint density at radius 2 is 2.08 bits per heavy atom. The monoisotopic (exact) mass is 175 g/mol. The number of rotatable bonds is 1. The van der Waals surface area contributed by atoms with Crippen molar-refractivity contribution >= 4 is 17.9 Å². The van der Waals surface area contributed by atoms with Gasteiger partial charge in [-0.25, -0.2) is 0 Å². The zero-order chi connectivity index (χ0) is 9.42. The van der Waals surface area contributed by atoms with Crippen molar-refractivity contribution < 1.29 is 9.59 Å². The highest BCUT2D eigenvalue weighted by molar-refractivity contribution is 6.12. The van der Waals surface area contributed by atoms with Gasteiger partial charge in [0.05, 0.1) is 0 Å². The lowest BCUT2D eigenvalue weighted by Crippen LogP contribution is -2.24. The highest BCUT2D eigenvalue weighted by atomic mass is 16.2. The van der Waals surface area contributed by atoms with Crippen LogP contribution < -0.4 is 4.90 Å². The summed E-state index contributed by atoms with van der Waals surface area (Å²) >= 11 is 0. The number of hydrogen-bond donors (Lipinski definition) is 0.